The molecule has 1 saturated heterocycles. The van der Waals surface area contributed by atoms with Crippen molar-refractivity contribution in [2.45, 2.75) is 31.9 Å². The number of hydrogen-bond acceptors (Lipinski definition) is 1. The third kappa shape index (κ3) is 3.25. The Morgan fingerprint density at radius 1 is 1.35 bits per heavy atom. The van der Waals surface area contributed by atoms with Gasteiger partial charge in [0.1, 0.15) is 11.5 Å². The van der Waals surface area contributed by atoms with Crippen molar-refractivity contribution in [3.05, 3.63) is 35.6 Å². The lowest BCUT2D eigenvalue weighted by Gasteiger charge is -2.29. The van der Waals surface area contributed by atoms with Crippen molar-refractivity contribution in [1.82, 2.24) is 5.32 Å². The van der Waals surface area contributed by atoms with E-state index in [2.05, 4.69) is 5.32 Å². The lowest BCUT2D eigenvalue weighted by molar-refractivity contribution is 0.134. The van der Waals surface area contributed by atoms with E-state index in [-0.39, 0.29) is 5.82 Å². The summed E-state index contributed by atoms with van der Waals surface area (Å²) in [5.41, 5.74) is -0.790. The number of benzene rings is 1. The van der Waals surface area contributed by atoms with Crippen LogP contribution >= 0.6 is 0 Å². The highest BCUT2D eigenvalue weighted by Crippen LogP contribution is 2.34. The molecule has 0 aliphatic carbocycles. The summed E-state index contributed by atoms with van der Waals surface area (Å²) < 4.78 is 27.4. The Balaban J connectivity index is 2.04. The second-order valence-electron chi connectivity index (χ2n) is 5.12. The van der Waals surface area contributed by atoms with Crippen LogP contribution in [0.2, 0.25) is 0 Å². The molecule has 17 heavy (non-hydrogen) atoms. The number of alkyl halides is 1. The Bertz CT molecular complexity index is 353. The minimum absolute atomic E-state index is 0.316. The Morgan fingerprint density at radius 2 is 2.06 bits per heavy atom. The highest BCUT2D eigenvalue weighted by atomic mass is 19.1. The monoisotopic (exact) mass is 239 g/mol. The van der Waals surface area contributed by atoms with Crippen LogP contribution in [0.3, 0.4) is 0 Å². The fourth-order valence-corrected chi connectivity index (χ4v) is 2.56. The van der Waals surface area contributed by atoms with Crippen molar-refractivity contribution in [2.24, 2.45) is 5.92 Å². The molecule has 1 aliphatic heterocycles. The zero-order chi connectivity index (χ0) is 12.3. The Labute approximate surface area is 101 Å². The lowest BCUT2D eigenvalue weighted by atomic mass is 9.84. The molecule has 1 aliphatic rings. The van der Waals surface area contributed by atoms with Crippen LogP contribution in [0.15, 0.2) is 24.3 Å². The molecule has 0 amide bonds. The van der Waals surface area contributed by atoms with Gasteiger partial charge in [0.2, 0.25) is 0 Å². The first-order chi connectivity index (χ1) is 8.08. The fourth-order valence-electron chi connectivity index (χ4n) is 2.56. The van der Waals surface area contributed by atoms with Gasteiger partial charge in [-0.2, -0.15) is 0 Å². The van der Waals surface area contributed by atoms with E-state index in [4.69, 9.17) is 0 Å². The second kappa shape index (κ2) is 5.13. The van der Waals surface area contributed by atoms with Crippen molar-refractivity contribution in [2.75, 3.05) is 13.1 Å². The highest BCUT2D eigenvalue weighted by molar-refractivity contribution is 5.22. The zero-order valence-corrected chi connectivity index (χ0v) is 10.2. The van der Waals surface area contributed by atoms with Crippen molar-refractivity contribution in [3.8, 4) is 0 Å². The van der Waals surface area contributed by atoms with Crippen molar-refractivity contribution in [3.63, 3.8) is 0 Å². The first-order valence-corrected chi connectivity index (χ1v) is 6.23. The SMILES string of the molecule is CC(F)(CC1CCCNC1)c1ccc(F)cc1. The van der Waals surface area contributed by atoms with Crippen LogP contribution in [0.4, 0.5) is 8.78 Å². The van der Waals surface area contributed by atoms with Gasteiger partial charge in [-0.05, 0) is 62.9 Å². The van der Waals surface area contributed by atoms with Gasteiger partial charge in [-0.15, -0.1) is 0 Å². The van der Waals surface area contributed by atoms with Gasteiger partial charge >= 0.3 is 0 Å². The maximum atomic E-state index is 14.6. The molecule has 94 valence electrons. The van der Waals surface area contributed by atoms with E-state index >= 15 is 0 Å². The van der Waals surface area contributed by atoms with E-state index in [0.717, 1.165) is 25.9 Å². The van der Waals surface area contributed by atoms with Crippen LogP contribution in [-0.2, 0) is 5.67 Å². The molecule has 2 atom stereocenters. The number of hydrogen-bond donors (Lipinski definition) is 1. The molecule has 0 radical (unpaired) electrons. The molecular weight excluding hydrogens is 220 g/mol. The molecule has 2 rings (SSSR count). The molecule has 2 unspecified atom stereocenters. The molecule has 0 spiro atoms. The molecule has 1 aromatic rings. The van der Waals surface area contributed by atoms with E-state index in [0.29, 0.717) is 17.9 Å². The van der Waals surface area contributed by atoms with Crippen LogP contribution in [0.1, 0.15) is 31.7 Å². The summed E-state index contributed by atoms with van der Waals surface area (Å²) in [4.78, 5) is 0. The summed E-state index contributed by atoms with van der Waals surface area (Å²) in [6, 6.07) is 5.75. The van der Waals surface area contributed by atoms with E-state index in [1.54, 1.807) is 19.1 Å². The first kappa shape index (κ1) is 12.5. The van der Waals surface area contributed by atoms with E-state index in [1.165, 1.54) is 12.1 Å². The van der Waals surface area contributed by atoms with Gasteiger partial charge in [-0.25, -0.2) is 8.78 Å². The maximum absolute atomic E-state index is 14.6. The van der Waals surface area contributed by atoms with Crippen LogP contribution in [0.5, 0.6) is 0 Å². The second-order valence-corrected chi connectivity index (χ2v) is 5.12. The normalized spacial score (nSPS) is 24.3. The van der Waals surface area contributed by atoms with Gasteiger partial charge in [-0.1, -0.05) is 12.1 Å². The van der Waals surface area contributed by atoms with Gasteiger partial charge in [0.15, 0.2) is 0 Å². The fraction of sp³-hybridized carbons (Fsp3) is 0.571. The summed E-state index contributed by atoms with van der Waals surface area (Å²) in [6.07, 6.45) is 2.70. The third-order valence-corrected chi connectivity index (χ3v) is 3.52. The summed E-state index contributed by atoms with van der Waals surface area (Å²) in [5, 5.41) is 3.29. The first-order valence-electron chi connectivity index (χ1n) is 6.23. The summed E-state index contributed by atoms with van der Waals surface area (Å²) >= 11 is 0. The Hall–Kier alpha value is -0.960. The van der Waals surface area contributed by atoms with Gasteiger partial charge in [0.25, 0.3) is 0 Å². The summed E-state index contributed by atoms with van der Waals surface area (Å²) in [7, 11) is 0. The summed E-state index contributed by atoms with van der Waals surface area (Å²) in [5.74, 6) is 0.0627. The predicted octanol–water partition coefficient (Wildman–Crippen LogP) is 3.40. The van der Waals surface area contributed by atoms with Crippen molar-refractivity contribution in [1.29, 1.82) is 0 Å². The standard InChI is InChI=1S/C14H19F2N/c1-14(16,9-11-3-2-8-17-10-11)12-4-6-13(15)7-5-12/h4-7,11,17H,2-3,8-10H2,1H3. The molecule has 1 heterocycles. The molecular formula is C14H19F2N. The Kier molecular flexibility index (Phi) is 3.77. The van der Waals surface area contributed by atoms with Crippen LogP contribution < -0.4 is 5.32 Å². The molecule has 1 nitrogen and oxygen atoms in total. The van der Waals surface area contributed by atoms with E-state index in [9.17, 15) is 8.78 Å². The smallest absolute Gasteiger partial charge is 0.133 e. The molecule has 0 aromatic heterocycles. The zero-order valence-electron chi connectivity index (χ0n) is 10.2. The van der Waals surface area contributed by atoms with Gasteiger partial charge in [0, 0.05) is 0 Å². The highest BCUT2D eigenvalue weighted by Gasteiger charge is 2.30. The minimum Gasteiger partial charge on any atom is -0.316 e. The Morgan fingerprint density at radius 3 is 2.65 bits per heavy atom. The van der Waals surface area contributed by atoms with Crippen LogP contribution in [0, 0.1) is 11.7 Å². The van der Waals surface area contributed by atoms with Crippen molar-refractivity contribution < 1.29 is 8.78 Å². The van der Waals surface area contributed by atoms with Crippen molar-refractivity contribution >= 4 is 0 Å². The molecule has 1 N–H and O–H groups in total. The third-order valence-electron chi connectivity index (χ3n) is 3.52. The number of rotatable bonds is 3. The summed E-state index contributed by atoms with van der Waals surface area (Å²) in [6.45, 7) is 3.52. The molecule has 1 aromatic carbocycles. The van der Waals surface area contributed by atoms with Gasteiger partial charge in [0.05, 0.1) is 0 Å². The number of nitrogens with one attached hydrogen (secondary N) is 1. The lowest BCUT2D eigenvalue weighted by Crippen LogP contribution is -2.33. The topological polar surface area (TPSA) is 12.0 Å². The molecule has 0 bridgehead atoms. The maximum Gasteiger partial charge on any atom is 0.133 e. The van der Waals surface area contributed by atoms with Crippen LogP contribution in [0.25, 0.3) is 0 Å². The average Bonchev–Trinajstić information content (AvgIpc) is 2.30. The largest absolute Gasteiger partial charge is 0.316 e. The van der Waals surface area contributed by atoms with Crippen LogP contribution in [-0.4, -0.2) is 13.1 Å². The molecule has 3 heteroatoms. The van der Waals surface area contributed by atoms with Gasteiger partial charge < -0.3 is 5.32 Å². The number of piperidine rings is 1. The molecule has 1 fully saturated rings. The van der Waals surface area contributed by atoms with E-state index < -0.39 is 5.67 Å². The predicted molar refractivity (Wildman–Crippen MR) is 65.1 cm³/mol. The van der Waals surface area contributed by atoms with Gasteiger partial charge in [-0.3, -0.25) is 0 Å². The molecule has 0 saturated carbocycles. The number of halogens is 2. The van der Waals surface area contributed by atoms with E-state index in [1.807, 2.05) is 0 Å². The quantitative estimate of drug-likeness (QED) is 0.852. The minimum atomic E-state index is -1.36. The average molecular weight is 239 g/mol.